The second-order valence-electron chi connectivity index (χ2n) is 11.7. The summed E-state index contributed by atoms with van der Waals surface area (Å²) >= 11 is 3.71. The molecule has 0 aromatic rings. The molecule has 41 heavy (non-hydrogen) atoms. The Balaban J connectivity index is 1.68. The third kappa shape index (κ3) is 6.16. The lowest BCUT2D eigenvalue weighted by Gasteiger charge is -2.41. The predicted molar refractivity (Wildman–Crippen MR) is 157 cm³/mol. The molecule has 2 amide bonds. The van der Waals surface area contributed by atoms with E-state index in [-0.39, 0.29) is 35.8 Å². The normalized spacial score (nSPS) is 32.4. The molecule has 4 aliphatic heterocycles. The van der Waals surface area contributed by atoms with Crippen LogP contribution in [0.2, 0.25) is 0 Å². The molecule has 4 heterocycles. The van der Waals surface area contributed by atoms with Crippen LogP contribution in [0.1, 0.15) is 39.5 Å². The SMILES string of the molecule is C=CCCCOC(=O)[C@H]1[C@H]2C(=O)N([C@@H](CO)[C@@H](C)CC)C(C(=O)N(CC=C)CCN3CCOCC3)C23CC(Br)[C@@H]1O3. The molecule has 230 valence electrons. The van der Waals surface area contributed by atoms with E-state index in [0.29, 0.717) is 58.5 Å². The number of aliphatic hydroxyl groups excluding tert-OH is 1. The molecule has 0 aromatic heterocycles. The van der Waals surface area contributed by atoms with Gasteiger partial charge in [0.05, 0.1) is 50.4 Å². The van der Waals surface area contributed by atoms with E-state index in [1.807, 2.05) is 13.8 Å². The molecule has 0 saturated carbocycles. The predicted octanol–water partition coefficient (Wildman–Crippen LogP) is 2.00. The van der Waals surface area contributed by atoms with Crippen molar-refractivity contribution in [3.63, 3.8) is 0 Å². The summed E-state index contributed by atoms with van der Waals surface area (Å²) in [7, 11) is 0. The van der Waals surface area contributed by atoms with Crippen LogP contribution in [0.3, 0.4) is 0 Å². The fourth-order valence-electron chi connectivity index (χ4n) is 6.99. The quantitative estimate of drug-likeness (QED) is 0.125. The lowest BCUT2D eigenvalue weighted by atomic mass is 9.70. The molecule has 0 aliphatic carbocycles. The van der Waals surface area contributed by atoms with Gasteiger partial charge in [-0.05, 0) is 25.2 Å². The van der Waals surface area contributed by atoms with Gasteiger partial charge in [0, 0.05) is 37.6 Å². The van der Waals surface area contributed by atoms with Gasteiger partial charge in [0.15, 0.2) is 0 Å². The number of carbonyl (C=O) groups is 3. The number of amides is 2. The van der Waals surface area contributed by atoms with E-state index < -0.39 is 41.6 Å². The minimum atomic E-state index is -1.20. The van der Waals surface area contributed by atoms with Crippen molar-refractivity contribution in [1.29, 1.82) is 0 Å². The summed E-state index contributed by atoms with van der Waals surface area (Å²) in [5.41, 5.74) is -1.20. The van der Waals surface area contributed by atoms with Crippen LogP contribution in [0.4, 0.5) is 0 Å². The number of unbranched alkanes of at least 4 members (excludes halogenated alkanes) is 1. The van der Waals surface area contributed by atoms with Crippen molar-refractivity contribution < 1.29 is 33.7 Å². The number of morpholine rings is 1. The van der Waals surface area contributed by atoms with Crippen LogP contribution >= 0.6 is 15.9 Å². The van der Waals surface area contributed by atoms with Gasteiger partial charge in [0.1, 0.15) is 11.6 Å². The van der Waals surface area contributed by atoms with E-state index in [4.69, 9.17) is 14.2 Å². The van der Waals surface area contributed by atoms with Crippen LogP contribution in [0.25, 0.3) is 0 Å². The number of esters is 1. The molecule has 4 fully saturated rings. The summed E-state index contributed by atoms with van der Waals surface area (Å²) < 4.78 is 17.7. The maximum atomic E-state index is 14.6. The Bertz CT molecular complexity index is 976. The number of fused-ring (bicyclic) bond motifs is 1. The molecule has 0 aromatic carbocycles. The van der Waals surface area contributed by atoms with Gasteiger partial charge in [-0.25, -0.2) is 0 Å². The van der Waals surface area contributed by atoms with Crippen molar-refractivity contribution in [3.8, 4) is 0 Å². The fourth-order valence-corrected chi connectivity index (χ4v) is 7.93. The summed E-state index contributed by atoms with van der Waals surface area (Å²) in [6.45, 7) is 15.8. The molecule has 4 rings (SSSR count). The van der Waals surface area contributed by atoms with Crippen LogP contribution in [0.15, 0.2) is 25.3 Å². The van der Waals surface area contributed by atoms with Gasteiger partial charge in [-0.15, -0.1) is 13.2 Å². The van der Waals surface area contributed by atoms with Gasteiger partial charge in [0.25, 0.3) is 0 Å². The van der Waals surface area contributed by atoms with E-state index in [1.54, 1.807) is 22.0 Å². The molecular formula is C30H46BrN3O7. The Labute approximate surface area is 252 Å². The molecule has 4 aliphatic rings. The average Bonchev–Trinajstić information content (AvgIpc) is 3.57. The highest BCUT2D eigenvalue weighted by molar-refractivity contribution is 9.09. The summed E-state index contributed by atoms with van der Waals surface area (Å²) in [5, 5.41) is 10.5. The van der Waals surface area contributed by atoms with Crippen LogP contribution in [-0.4, -0.2) is 125 Å². The van der Waals surface area contributed by atoms with E-state index in [0.717, 1.165) is 13.1 Å². The molecule has 1 spiro atoms. The van der Waals surface area contributed by atoms with Crippen molar-refractivity contribution in [1.82, 2.24) is 14.7 Å². The maximum absolute atomic E-state index is 14.6. The summed E-state index contributed by atoms with van der Waals surface area (Å²) in [6, 6.07) is -1.56. The van der Waals surface area contributed by atoms with E-state index in [9.17, 15) is 19.5 Å². The molecule has 1 N–H and O–H groups in total. The lowest BCUT2D eigenvalue weighted by Crippen LogP contribution is -2.60. The van der Waals surface area contributed by atoms with Crippen molar-refractivity contribution in [3.05, 3.63) is 25.3 Å². The smallest absolute Gasteiger partial charge is 0.312 e. The van der Waals surface area contributed by atoms with Crippen LogP contribution in [0.5, 0.6) is 0 Å². The monoisotopic (exact) mass is 639 g/mol. The third-order valence-corrected chi connectivity index (χ3v) is 10.2. The van der Waals surface area contributed by atoms with Gasteiger partial charge in [-0.2, -0.15) is 0 Å². The van der Waals surface area contributed by atoms with Crippen molar-refractivity contribution in [2.75, 3.05) is 59.2 Å². The van der Waals surface area contributed by atoms with Crippen molar-refractivity contribution in [2.24, 2.45) is 17.8 Å². The number of nitrogens with zero attached hydrogens (tertiary/aromatic N) is 3. The number of alkyl halides is 1. The molecule has 8 atom stereocenters. The largest absolute Gasteiger partial charge is 0.465 e. The Morgan fingerprint density at radius 1 is 1.29 bits per heavy atom. The zero-order valence-electron chi connectivity index (χ0n) is 24.4. The third-order valence-electron chi connectivity index (χ3n) is 9.33. The highest BCUT2D eigenvalue weighted by Crippen LogP contribution is 2.61. The number of allylic oxidation sites excluding steroid dienone is 1. The van der Waals surface area contributed by atoms with Gasteiger partial charge in [0.2, 0.25) is 11.8 Å². The Hall–Kier alpha value is -1.79. The molecule has 2 bridgehead atoms. The van der Waals surface area contributed by atoms with E-state index >= 15 is 0 Å². The lowest BCUT2D eigenvalue weighted by molar-refractivity contribution is -0.157. The highest BCUT2D eigenvalue weighted by atomic mass is 79.9. The van der Waals surface area contributed by atoms with Crippen molar-refractivity contribution >= 4 is 33.7 Å². The zero-order chi connectivity index (χ0) is 29.7. The average molecular weight is 641 g/mol. The minimum absolute atomic E-state index is 0.0723. The van der Waals surface area contributed by atoms with Gasteiger partial charge >= 0.3 is 5.97 Å². The van der Waals surface area contributed by atoms with Crippen LogP contribution < -0.4 is 0 Å². The summed E-state index contributed by atoms with van der Waals surface area (Å²) in [4.78, 5) is 47.8. The summed E-state index contributed by atoms with van der Waals surface area (Å²) in [6.07, 6.45) is 5.35. The fraction of sp³-hybridized carbons (Fsp3) is 0.767. The first kappa shape index (κ1) is 32.1. The standard InChI is InChI=1S/C30H46BrN3O7/c1-5-8-9-15-40-29(38)23-24-27(36)34(22(19-35)20(4)7-3)26(30(24)18-21(31)25(23)41-30)28(37)33(10-6-2)12-11-32-13-16-39-17-14-32/h5-6,20-26,35H,1-2,7-19H2,3-4H3/t20-,21?,22-,23-,24-,25-,26?,30?/m0/s1. The van der Waals surface area contributed by atoms with Gasteiger partial charge in [-0.3, -0.25) is 19.3 Å². The molecule has 0 radical (unpaired) electrons. The number of hydrogen-bond donors (Lipinski definition) is 1. The number of rotatable bonds is 15. The van der Waals surface area contributed by atoms with E-state index in [2.05, 4.69) is 34.0 Å². The molecule has 3 unspecified atom stereocenters. The number of hydrogen-bond acceptors (Lipinski definition) is 8. The number of ether oxygens (including phenoxy) is 3. The zero-order valence-corrected chi connectivity index (χ0v) is 26.0. The first-order valence-electron chi connectivity index (χ1n) is 15.0. The number of carbonyl (C=O) groups excluding carboxylic acids is 3. The minimum Gasteiger partial charge on any atom is -0.465 e. The molecule has 11 heteroatoms. The number of halogens is 1. The highest BCUT2D eigenvalue weighted by Gasteiger charge is 2.77. The number of aliphatic hydroxyl groups is 1. The van der Waals surface area contributed by atoms with Crippen LogP contribution in [0, 0.1) is 17.8 Å². The van der Waals surface area contributed by atoms with Gasteiger partial charge < -0.3 is 29.1 Å². The van der Waals surface area contributed by atoms with E-state index in [1.165, 1.54) is 0 Å². The maximum Gasteiger partial charge on any atom is 0.312 e. The topological polar surface area (TPSA) is 109 Å². The van der Waals surface area contributed by atoms with Gasteiger partial charge in [-0.1, -0.05) is 48.4 Å². The second-order valence-corrected chi connectivity index (χ2v) is 12.8. The molecule has 4 saturated heterocycles. The Morgan fingerprint density at radius 3 is 2.66 bits per heavy atom. The number of likely N-dealkylation sites (tertiary alicyclic amines) is 1. The first-order chi connectivity index (χ1) is 19.7. The second kappa shape index (κ2) is 14.1. The van der Waals surface area contributed by atoms with Crippen molar-refractivity contribution in [2.45, 2.75) is 68.1 Å². The van der Waals surface area contributed by atoms with Crippen LogP contribution in [-0.2, 0) is 28.6 Å². The first-order valence-corrected chi connectivity index (χ1v) is 15.9. The Kier molecular flexibility index (Phi) is 11.1. The molecule has 10 nitrogen and oxygen atoms in total. The Morgan fingerprint density at radius 2 is 2.02 bits per heavy atom. The molecular weight excluding hydrogens is 594 g/mol. The summed E-state index contributed by atoms with van der Waals surface area (Å²) in [5.74, 6) is -2.79.